The van der Waals surface area contributed by atoms with Crippen LogP contribution >= 0.6 is 0 Å². The maximum atomic E-state index is 13.4. The molecule has 114 valence electrons. The van der Waals surface area contributed by atoms with Crippen LogP contribution in [0.4, 0.5) is 4.39 Å². The lowest BCUT2D eigenvalue weighted by atomic mass is 10.1. The van der Waals surface area contributed by atoms with Crippen LogP contribution in [0, 0.1) is 11.7 Å². The molecule has 0 saturated carbocycles. The number of nitrogens with zero attached hydrogens (tertiary/aromatic N) is 1. The van der Waals surface area contributed by atoms with Crippen molar-refractivity contribution in [2.45, 2.75) is 31.7 Å². The number of benzene rings is 1. The second-order valence-electron chi connectivity index (χ2n) is 5.29. The first-order valence-electron chi connectivity index (χ1n) is 6.68. The van der Waals surface area contributed by atoms with Crippen molar-refractivity contribution in [2.24, 2.45) is 5.92 Å². The maximum Gasteiger partial charge on any atom is 0.243 e. The third kappa shape index (κ3) is 4.26. The molecular formula is C14H23FN2O2S. The van der Waals surface area contributed by atoms with E-state index in [-0.39, 0.29) is 4.90 Å². The summed E-state index contributed by atoms with van der Waals surface area (Å²) in [5.74, 6) is -0.127. The van der Waals surface area contributed by atoms with Crippen molar-refractivity contribution < 1.29 is 12.8 Å². The molecule has 0 aliphatic carbocycles. The largest absolute Gasteiger partial charge is 0.316 e. The molecule has 0 spiro atoms. The van der Waals surface area contributed by atoms with Crippen molar-refractivity contribution in [2.75, 3.05) is 20.6 Å². The van der Waals surface area contributed by atoms with Gasteiger partial charge in [0.2, 0.25) is 10.0 Å². The number of hydrogen-bond donors (Lipinski definition) is 1. The Hall–Kier alpha value is -0.980. The molecule has 0 bridgehead atoms. The minimum absolute atomic E-state index is 0.0399. The molecule has 1 aromatic carbocycles. The Bertz CT molecular complexity index is 544. The first-order valence-corrected chi connectivity index (χ1v) is 8.12. The van der Waals surface area contributed by atoms with Crippen LogP contribution in [0.25, 0.3) is 0 Å². The van der Waals surface area contributed by atoms with E-state index >= 15 is 0 Å². The lowest BCUT2D eigenvalue weighted by Gasteiger charge is -2.20. The molecule has 0 heterocycles. The fourth-order valence-corrected chi connectivity index (χ4v) is 3.25. The highest BCUT2D eigenvalue weighted by molar-refractivity contribution is 7.89. The predicted molar refractivity (Wildman–Crippen MR) is 78.4 cm³/mol. The summed E-state index contributed by atoms with van der Waals surface area (Å²) in [5.41, 5.74) is 0.574. The molecule has 0 aliphatic heterocycles. The molecular weight excluding hydrogens is 279 g/mol. The van der Waals surface area contributed by atoms with Crippen molar-refractivity contribution >= 4 is 10.0 Å². The number of sulfonamides is 1. The standard InChI is InChI=1S/C14H23FN2O2S/c1-11(2)7-8-17(4)20(18,19)14-9-13(15)6-5-12(14)10-16-3/h5-6,9,11,16H,7-8,10H2,1-4H3. The van der Waals surface area contributed by atoms with Gasteiger partial charge in [0.05, 0.1) is 4.90 Å². The summed E-state index contributed by atoms with van der Waals surface area (Å²) in [6.45, 7) is 4.88. The smallest absolute Gasteiger partial charge is 0.243 e. The van der Waals surface area contributed by atoms with Crippen molar-refractivity contribution in [1.82, 2.24) is 9.62 Å². The van der Waals surface area contributed by atoms with Gasteiger partial charge in [0.25, 0.3) is 0 Å². The topological polar surface area (TPSA) is 49.4 Å². The van der Waals surface area contributed by atoms with Gasteiger partial charge in [-0.3, -0.25) is 0 Å². The lowest BCUT2D eigenvalue weighted by Crippen LogP contribution is -2.30. The molecule has 1 N–H and O–H groups in total. The summed E-state index contributed by atoms with van der Waals surface area (Å²) in [5, 5.41) is 2.90. The van der Waals surface area contributed by atoms with E-state index in [1.165, 1.54) is 23.5 Å². The second-order valence-corrected chi connectivity index (χ2v) is 7.30. The summed E-state index contributed by atoms with van der Waals surface area (Å²) in [6.07, 6.45) is 0.770. The second kappa shape index (κ2) is 7.15. The van der Waals surface area contributed by atoms with Crippen molar-refractivity contribution in [1.29, 1.82) is 0 Å². The minimum Gasteiger partial charge on any atom is -0.316 e. The summed E-state index contributed by atoms with van der Waals surface area (Å²) < 4.78 is 39.7. The molecule has 0 unspecified atom stereocenters. The van der Waals surface area contributed by atoms with E-state index in [1.807, 2.05) is 13.8 Å². The quantitative estimate of drug-likeness (QED) is 0.840. The van der Waals surface area contributed by atoms with E-state index in [2.05, 4.69) is 5.32 Å². The highest BCUT2D eigenvalue weighted by atomic mass is 32.2. The van der Waals surface area contributed by atoms with Gasteiger partial charge in [-0.15, -0.1) is 0 Å². The summed E-state index contributed by atoms with van der Waals surface area (Å²) >= 11 is 0. The molecule has 0 atom stereocenters. The third-order valence-electron chi connectivity index (χ3n) is 3.11. The van der Waals surface area contributed by atoms with Gasteiger partial charge in [0.15, 0.2) is 0 Å². The molecule has 0 radical (unpaired) electrons. The van der Waals surface area contributed by atoms with Crippen molar-refractivity contribution in [3.63, 3.8) is 0 Å². The number of halogens is 1. The molecule has 6 heteroatoms. The van der Waals surface area contributed by atoms with Crippen LogP contribution in [0.3, 0.4) is 0 Å². The van der Waals surface area contributed by atoms with Gasteiger partial charge in [0.1, 0.15) is 5.82 Å². The fourth-order valence-electron chi connectivity index (χ4n) is 1.83. The van der Waals surface area contributed by atoms with E-state index in [1.54, 1.807) is 7.05 Å². The van der Waals surface area contributed by atoms with Gasteiger partial charge in [-0.05, 0) is 37.1 Å². The average Bonchev–Trinajstić information content (AvgIpc) is 2.38. The molecule has 0 aliphatic rings. The van der Waals surface area contributed by atoms with Crippen LogP contribution in [0.2, 0.25) is 0 Å². The average molecular weight is 302 g/mol. The van der Waals surface area contributed by atoms with E-state index in [9.17, 15) is 12.8 Å². The normalized spacial score (nSPS) is 12.3. The zero-order chi connectivity index (χ0) is 15.3. The molecule has 0 fully saturated rings. The Morgan fingerprint density at radius 1 is 1.35 bits per heavy atom. The zero-order valence-electron chi connectivity index (χ0n) is 12.5. The first kappa shape index (κ1) is 17.1. The van der Waals surface area contributed by atoms with Crippen LogP contribution in [0.15, 0.2) is 23.1 Å². The van der Waals surface area contributed by atoms with Gasteiger partial charge in [-0.2, -0.15) is 0 Å². The zero-order valence-corrected chi connectivity index (χ0v) is 13.3. The summed E-state index contributed by atoms with van der Waals surface area (Å²) in [4.78, 5) is 0.0399. The van der Waals surface area contributed by atoms with Crippen molar-refractivity contribution in [3.05, 3.63) is 29.6 Å². The van der Waals surface area contributed by atoms with Crippen LogP contribution in [-0.2, 0) is 16.6 Å². The van der Waals surface area contributed by atoms with Gasteiger partial charge < -0.3 is 5.32 Å². The van der Waals surface area contributed by atoms with Gasteiger partial charge in [-0.1, -0.05) is 19.9 Å². The van der Waals surface area contributed by atoms with Crippen LogP contribution in [0.5, 0.6) is 0 Å². The molecule has 0 aromatic heterocycles. The Kier molecular flexibility index (Phi) is 6.10. The van der Waals surface area contributed by atoms with Crippen molar-refractivity contribution in [3.8, 4) is 0 Å². The van der Waals surface area contributed by atoms with Crippen LogP contribution in [0.1, 0.15) is 25.8 Å². The minimum atomic E-state index is -3.66. The summed E-state index contributed by atoms with van der Waals surface area (Å²) in [7, 11) is -0.399. The third-order valence-corrected chi connectivity index (χ3v) is 5.05. The van der Waals surface area contributed by atoms with E-state index in [0.29, 0.717) is 24.6 Å². The lowest BCUT2D eigenvalue weighted by molar-refractivity contribution is 0.427. The Morgan fingerprint density at radius 2 is 2.00 bits per heavy atom. The van der Waals surface area contributed by atoms with Gasteiger partial charge >= 0.3 is 0 Å². The Balaban J connectivity index is 3.10. The fraction of sp³-hybridized carbons (Fsp3) is 0.571. The molecule has 1 rings (SSSR count). The highest BCUT2D eigenvalue weighted by Gasteiger charge is 2.24. The Labute approximate surface area is 121 Å². The first-order chi connectivity index (χ1) is 9.28. The van der Waals surface area contributed by atoms with Crippen LogP contribution < -0.4 is 5.32 Å². The molecule has 20 heavy (non-hydrogen) atoms. The Morgan fingerprint density at radius 3 is 2.55 bits per heavy atom. The number of nitrogens with one attached hydrogen (secondary N) is 1. The van der Waals surface area contributed by atoms with Gasteiger partial charge in [-0.25, -0.2) is 17.1 Å². The molecule has 4 nitrogen and oxygen atoms in total. The molecule has 1 aromatic rings. The summed E-state index contributed by atoms with van der Waals surface area (Å²) in [6, 6.07) is 3.88. The van der Waals surface area contributed by atoms with E-state index in [4.69, 9.17) is 0 Å². The monoisotopic (exact) mass is 302 g/mol. The predicted octanol–water partition coefficient (Wildman–Crippen LogP) is 2.21. The highest BCUT2D eigenvalue weighted by Crippen LogP contribution is 2.21. The molecule has 0 saturated heterocycles. The van der Waals surface area contributed by atoms with Gasteiger partial charge in [0, 0.05) is 20.1 Å². The number of rotatable bonds is 7. The van der Waals surface area contributed by atoms with Crippen LogP contribution in [-0.4, -0.2) is 33.4 Å². The SMILES string of the molecule is CNCc1ccc(F)cc1S(=O)(=O)N(C)CCC(C)C. The maximum absolute atomic E-state index is 13.4. The molecule has 0 amide bonds. The van der Waals surface area contributed by atoms with E-state index in [0.717, 1.165) is 12.5 Å². The van der Waals surface area contributed by atoms with E-state index < -0.39 is 15.8 Å². The number of hydrogen-bond acceptors (Lipinski definition) is 3.